The van der Waals surface area contributed by atoms with Crippen LogP contribution in [0.1, 0.15) is 5.56 Å². The Morgan fingerprint density at radius 2 is 2.20 bits per heavy atom. The van der Waals surface area contributed by atoms with Crippen molar-refractivity contribution in [1.82, 2.24) is 10.2 Å². The molecule has 0 saturated heterocycles. The number of nitrogens with one attached hydrogen (secondary N) is 1. The van der Waals surface area contributed by atoms with E-state index in [2.05, 4.69) is 15.5 Å². The molecule has 0 amide bonds. The van der Waals surface area contributed by atoms with Gasteiger partial charge in [0.25, 0.3) is 0 Å². The summed E-state index contributed by atoms with van der Waals surface area (Å²) in [6, 6.07) is 3.56. The molecular formula is C9H7F2N3O. The second-order valence-corrected chi connectivity index (χ2v) is 2.83. The number of nitrogens with zero attached hydrogens (tertiary/aromatic N) is 2. The lowest BCUT2D eigenvalue weighted by Gasteiger charge is -2.02. The molecule has 0 saturated carbocycles. The van der Waals surface area contributed by atoms with Crippen LogP contribution in [-0.2, 0) is 6.54 Å². The molecule has 1 N–H and O–H groups in total. The third-order valence-corrected chi connectivity index (χ3v) is 1.81. The van der Waals surface area contributed by atoms with Gasteiger partial charge in [-0.1, -0.05) is 11.2 Å². The Hall–Kier alpha value is -1.98. The van der Waals surface area contributed by atoms with Gasteiger partial charge in [0.2, 0.25) is 6.39 Å². The molecule has 6 heteroatoms. The van der Waals surface area contributed by atoms with Crippen LogP contribution in [0, 0.1) is 11.6 Å². The highest BCUT2D eigenvalue weighted by atomic mass is 19.1. The number of anilines is 1. The molecule has 0 spiro atoms. The summed E-state index contributed by atoms with van der Waals surface area (Å²) in [7, 11) is 0. The molecule has 15 heavy (non-hydrogen) atoms. The Labute approximate surface area is 83.9 Å². The van der Waals surface area contributed by atoms with Gasteiger partial charge in [0.15, 0.2) is 0 Å². The first-order chi connectivity index (χ1) is 7.25. The maximum Gasteiger partial charge on any atom is 0.315 e. The van der Waals surface area contributed by atoms with Crippen LogP contribution in [-0.4, -0.2) is 10.2 Å². The van der Waals surface area contributed by atoms with Gasteiger partial charge < -0.3 is 9.73 Å². The molecule has 1 aromatic carbocycles. The highest BCUT2D eigenvalue weighted by Gasteiger charge is 2.04. The summed E-state index contributed by atoms with van der Waals surface area (Å²) in [6.45, 7) is 0.161. The fourth-order valence-electron chi connectivity index (χ4n) is 1.09. The zero-order chi connectivity index (χ0) is 10.7. The summed E-state index contributed by atoms with van der Waals surface area (Å²) in [6.07, 6.45) is 1.16. The average molecular weight is 211 g/mol. The molecule has 78 valence electrons. The van der Waals surface area contributed by atoms with Crippen LogP contribution < -0.4 is 5.32 Å². The summed E-state index contributed by atoms with van der Waals surface area (Å²) >= 11 is 0. The van der Waals surface area contributed by atoms with Gasteiger partial charge in [0, 0.05) is 18.2 Å². The maximum absolute atomic E-state index is 13.1. The normalized spacial score (nSPS) is 10.3. The van der Waals surface area contributed by atoms with Gasteiger partial charge in [-0.25, -0.2) is 8.78 Å². The Balaban J connectivity index is 2.05. The molecule has 0 fully saturated rings. The van der Waals surface area contributed by atoms with Gasteiger partial charge in [-0.15, -0.1) is 5.10 Å². The van der Waals surface area contributed by atoms with E-state index in [1.54, 1.807) is 0 Å². The van der Waals surface area contributed by atoms with Crippen LogP contribution in [0.2, 0.25) is 0 Å². The van der Waals surface area contributed by atoms with Crippen molar-refractivity contribution in [2.45, 2.75) is 6.54 Å². The Morgan fingerprint density at radius 3 is 2.87 bits per heavy atom. The lowest BCUT2D eigenvalue weighted by atomic mass is 10.2. The zero-order valence-electron chi connectivity index (χ0n) is 7.58. The summed E-state index contributed by atoms with van der Waals surface area (Å²) in [4.78, 5) is 0. The minimum absolute atomic E-state index is 0.161. The van der Waals surface area contributed by atoms with Crippen molar-refractivity contribution in [3.8, 4) is 0 Å². The average Bonchev–Trinajstić information content (AvgIpc) is 2.69. The van der Waals surface area contributed by atoms with Crippen LogP contribution in [0.4, 0.5) is 14.8 Å². The van der Waals surface area contributed by atoms with E-state index >= 15 is 0 Å². The van der Waals surface area contributed by atoms with Gasteiger partial charge in [-0.2, -0.15) is 0 Å². The lowest BCUT2D eigenvalue weighted by molar-refractivity contribution is 0.558. The van der Waals surface area contributed by atoms with Gasteiger partial charge in [-0.05, 0) is 6.07 Å². The second-order valence-electron chi connectivity index (χ2n) is 2.83. The molecule has 0 atom stereocenters. The number of rotatable bonds is 3. The molecule has 2 rings (SSSR count). The van der Waals surface area contributed by atoms with E-state index in [0.29, 0.717) is 5.56 Å². The molecule has 0 aliphatic heterocycles. The highest BCUT2D eigenvalue weighted by molar-refractivity contribution is 5.24. The number of aromatic nitrogens is 2. The van der Waals surface area contributed by atoms with Crippen LogP contribution in [0.3, 0.4) is 0 Å². The molecule has 0 bridgehead atoms. The molecular weight excluding hydrogens is 204 g/mol. The molecule has 0 aliphatic rings. The van der Waals surface area contributed by atoms with Crippen molar-refractivity contribution in [3.05, 3.63) is 41.8 Å². The van der Waals surface area contributed by atoms with Crippen LogP contribution >= 0.6 is 0 Å². The minimum atomic E-state index is -0.609. The van der Waals surface area contributed by atoms with Gasteiger partial charge >= 0.3 is 6.01 Å². The number of hydrogen-bond donors (Lipinski definition) is 1. The predicted molar refractivity (Wildman–Crippen MR) is 48.0 cm³/mol. The van der Waals surface area contributed by atoms with Crippen molar-refractivity contribution >= 4 is 6.01 Å². The van der Waals surface area contributed by atoms with E-state index in [1.807, 2.05) is 0 Å². The standard InChI is InChI=1S/C9H7F2N3O/c10-7-2-1-6(8(11)3-7)4-12-9-14-13-5-15-9/h1-3,5H,4H2,(H,12,14). The zero-order valence-corrected chi connectivity index (χ0v) is 7.58. The largest absolute Gasteiger partial charge is 0.411 e. The summed E-state index contributed by atoms with van der Waals surface area (Å²) in [5, 5.41) is 9.69. The molecule has 4 nitrogen and oxygen atoms in total. The van der Waals surface area contributed by atoms with Crippen LogP contribution in [0.25, 0.3) is 0 Å². The van der Waals surface area contributed by atoms with Crippen LogP contribution in [0.5, 0.6) is 0 Å². The Kier molecular flexibility index (Phi) is 2.57. The Morgan fingerprint density at radius 1 is 1.33 bits per heavy atom. The quantitative estimate of drug-likeness (QED) is 0.843. The molecule has 0 aliphatic carbocycles. The monoisotopic (exact) mass is 211 g/mol. The first-order valence-electron chi connectivity index (χ1n) is 4.19. The van der Waals surface area contributed by atoms with Crippen LogP contribution in [0.15, 0.2) is 29.0 Å². The fourth-order valence-corrected chi connectivity index (χ4v) is 1.09. The van der Waals surface area contributed by atoms with Crippen molar-refractivity contribution < 1.29 is 13.2 Å². The third-order valence-electron chi connectivity index (χ3n) is 1.81. The van der Waals surface area contributed by atoms with E-state index in [9.17, 15) is 8.78 Å². The highest BCUT2D eigenvalue weighted by Crippen LogP contribution is 2.11. The van der Waals surface area contributed by atoms with E-state index in [-0.39, 0.29) is 12.6 Å². The van der Waals surface area contributed by atoms with Gasteiger partial charge in [0.1, 0.15) is 11.6 Å². The first-order valence-corrected chi connectivity index (χ1v) is 4.19. The summed E-state index contributed by atoms with van der Waals surface area (Å²) in [5.74, 6) is -1.21. The summed E-state index contributed by atoms with van der Waals surface area (Å²) < 4.78 is 30.5. The number of benzene rings is 1. The van der Waals surface area contributed by atoms with Gasteiger partial charge in [-0.3, -0.25) is 0 Å². The second kappa shape index (κ2) is 4.04. The smallest absolute Gasteiger partial charge is 0.315 e. The van der Waals surface area contributed by atoms with E-state index in [1.165, 1.54) is 12.1 Å². The van der Waals surface area contributed by atoms with Gasteiger partial charge in [0.05, 0.1) is 0 Å². The van der Waals surface area contributed by atoms with Crippen molar-refractivity contribution in [1.29, 1.82) is 0 Å². The predicted octanol–water partition coefficient (Wildman–Crippen LogP) is 1.96. The van der Waals surface area contributed by atoms with Crippen molar-refractivity contribution in [2.75, 3.05) is 5.32 Å². The number of halogens is 2. The van der Waals surface area contributed by atoms with E-state index < -0.39 is 11.6 Å². The topological polar surface area (TPSA) is 51.0 Å². The summed E-state index contributed by atoms with van der Waals surface area (Å²) in [5.41, 5.74) is 0.328. The number of hydrogen-bond acceptors (Lipinski definition) is 4. The van der Waals surface area contributed by atoms with Crippen molar-refractivity contribution in [3.63, 3.8) is 0 Å². The molecule has 0 radical (unpaired) electrons. The van der Waals surface area contributed by atoms with Crippen molar-refractivity contribution in [2.24, 2.45) is 0 Å². The molecule has 0 unspecified atom stereocenters. The molecule has 1 heterocycles. The SMILES string of the molecule is Fc1ccc(CNc2nnco2)c(F)c1. The molecule has 2 aromatic rings. The minimum Gasteiger partial charge on any atom is -0.411 e. The molecule has 1 aromatic heterocycles. The Bertz CT molecular complexity index is 445. The first kappa shape index (κ1) is 9.57. The van der Waals surface area contributed by atoms with E-state index in [4.69, 9.17) is 4.42 Å². The maximum atomic E-state index is 13.1. The fraction of sp³-hybridized carbons (Fsp3) is 0.111. The lowest BCUT2D eigenvalue weighted by Crippen LogP contribution is -2.02. The van der Waals surface area contributed by atoms with E-state index in [0.717, 1.165) is 12.5 Å². The third kappa shape index (κ3) is 2.28.